The third kappa shape index (κ3) is 5.02. The van der Waals surface area contributed by atoms with Gasteiger partial charge in [-0.25, -0.2) is 0 Å². The van der Waals surface area contributed by atoms with Gasteiger partial charge >= 0.3 is 0 Å². The average molecular weight is 408 g/mol. The van der Waals surface area contributed by atoms with Crippen molar-refractivity contribution in [1.29, 1.82) is 0 Å². The lowest BCUT2D eigenvalue weighted by Crippen LogP contribution is -2.49. The van der Waals surface area contributed by atoms with Crippen molar-refractivity contribution in [3.05, 3.63) is 65.7 Å². The van der Waals surface area contributed by atoms with E-state index in [1.807, 2.05) is 71.4 Å². The Labute approximate surface area is 180 Å². The minimum absolute atomic E-state index is 0.0815. The molecule has 3 rings (SSSR count). The predicted molar refractivity (Wildman–Crippen MR) is 122 cm³/mol. The first-order valence-corrected chi connectivity index (χ1v) is 11.0. The SMILES string of the molecule is CCCN(C(=O)c1ccc(N(C)CC)cc1)C1CCN(C(=O)c2ccccc2)CC1. The molecule has 0 bridgehead atoms. The summed E-state index contributed by atoms with van der Waals surface area (Å²) in [6.07, 6.45) is 2.56. The van der Waals surface area contributed by atoms with Crippen LogP contribution >= 0.6 is 0 Å². The van der Waals surface area contributed by atoms with Crippen LogP contribution in [-0.4, -0.2) is 60.9 Å². The van der Waals surface area contributed by atoms with Crippen LogP contribution in [-0.2, 0) is 0 Å². The average Bonchev–Trinajstić information content (AvgIpc) is 2.82. The predicted octanol–water partition coefficient (Wildman–Crippen LogP) is 4.30. The molecule has 2 aromatic carbocycles. The van der Waals surface area contributed by atoms with Crippen molar-refractivity contribution in [3.63, 3.8) is 0 Å². The highest BCUT2D eigenvalue weighted by atomic mass is 16.2. The number of piperidine rings is 1. The number of carbonyl (C=O) groups is 2. The number of anilines is 1. The summed E-state index contributed by atoms with van der Waals surface area (Å²) < 4.78 is 0. The van der Waals surface area contributed by atoms with E-state index in [4.69, 9.17) is 0 Å². The normalized spacial score (nSPS) is 14.4. The van der Waals surface area contributed by atoms with E-state index >= 15 is 0 Å². The summed E-state index contributed by atoms with van der Waals surface area (Å²) in [5.41, 5.74) is 2.58. The van der Waals surface area contributed by atoms with Crippen LogP contribution in [0.3, 0.4) is 0 Å². The highest BCUT2D eigenvalue weighted by Gasteiger charge is 2.30. The zero-order valence-corrected chi connectivity index (χ0v) is 18.4. The number of rotatable bonds is 7. The van der Waals surface area contributed by atoms with Gasteiger partial charge in [0.1, 0.15) is 0 Å². The van der Waals surface area contributed by atoms with Crippen LogP contribution < -0.4 is 4.90 Å². The molecule has 0 N–H and O–H groups in total. The van der Waals surface area contributed by atoms with E-state index in [1.165, 1.54) is 0 Å². The van der Waals surface area contributed by atoms with E-state index < -0.39 is 0 Å². The number of hydrogen-bond acceptors (Lipinski definition) is 3. The molecule has 30 heavy (non-hydrogen) atoms. The summed E-state index contributed by atoms with van der Waals surface area (Å²) in [5, 5.41) is 0. The fourth-order valence-electron chi connectivity index (χ4n) is 4.04. The first-order valence-electron chi connectivity index (χ1n) is 11.0. The molecule has 0 unspecified atom stereocenters. The highest BCUT2D eigenvalue weighted by molar-refractivity contribution is 5.95. The number of benzene rings is 2. The second kappa shape index (κ2) is 10.3. The fraction of sp³-hybridized carbons (Fsp3) is 0.440. The Bertz CT molecular complexity index is 827. The minimum atomic E-state index is 0.0815. The molecule has 2 amide bonds. The van der Waals surface area contributed by atoms with Gasteiger partial charge < -0.3 is 14.7 Å². The van der Waals surface area contributed by atoms with Gasteiger partial charge in [-0.15, -0.1) is 0 Å². The molecule has 0 aliphatic carbocycles. The van der Waals surface area contributed by atoms with Gasteiger partial charge in [-0.3, -0.25) is 9.59 Å². The molecule has 1 heterocycles. The van der Waals surface area contributed by atoms with Crippen molar-refractivity contribution in [2.24, 2.45) is 0 Å². The summed E-state index contributed by atoms with van der Waals surface area (Å²) in [5.74, 6) is 0.174. The van der Waals surface area contributed by atoms with E-state index in [-0.39, 0.29) is 17.9 Å². The summed E-state index contributed by atoms with van der Waals surface area (Å²) in [6, 6.07) is 17.5. The maximum Gasteiger partial charge on any atom is 0.254 e. The minimum Gasteiger partial charge on any atom is -0.375 e. The quantitative estimate of drug-likeness (QED) is 0.687. The molecule has 0 saturated carbocycles. The molecule has 5 heteroatoms. The van der Waals surface area contributed by atoms with Crippen LogP contribution in [0.1, 0.15) is 53.8 Å². The van der Waals surface area contributed by atoms with Gasteiger partial charge in [0.25, 0.3) is 11.8 Å². The van der Waals surface area contributed by atoms with Crippen LogP contribution in [0.5, 0.6) is 0 Å². The Morgan fingerprint density at radius 2 is 1.57 bits per heavy atom. The Morgan fingerprint density at radius 1 is 0.933 bits per heavy atom. The molecule has 1 aliphatic rings. The molecule has 5 nitrogen and oxygen atoms in total. The third-order valence-corrected chi connectivity index (χ3v) is 5.97. The number of carbonyl (C=O) groups excluding carboxylic acids is 2. The first kappa shape index (κ1) is 21.9. The Kier molecular flexibility index (Phi) is 7.50. The van der Waals surface area contributed by atoms with Crippen molar-refractivity contribution in [2.45, 2.75) is 39.2 Å². The van der Waals surface area contributed by atoms with E-state index in [1.54, 1.807) is 0 Å². The van der Waals surface area contributed by atoms with Crippen molar-refractivity contribution in [2.75, 3.05) is 38.1 Å². The summed E-state index contributed by atoms with van der Waals surface area (Å²) in [7, 11) is 2.05. The fourth-order valence-corrected chi connectivity index (χ4v) is 4.04. The summed E-state index contributed by atoms with van der Waals surface area (Å²) >= 11 is 0. The van der Waals surface area contributed by atoms with E-state index in [9.17, 15) is 9.59 Å². The van der Waals surface area contributed by atoms with Crippen molar-refractivity contribution >= 4 is 17.5 Å². The molecule has 2 aromatic rings. The lowest BCUT2D eigenvalue weighted by molar-refractivity contribution is 0.0519. The maximum atomic E-state index is 13.3. The van der Waals surface area contributed by atoms with Crippen molar-refractivity contribution < 1.29 is 9.59 Å². The smallest absolute Gasteiger partial charge is 0.254 e. The Hall–Kier alpha value is -2.82. The van der Waals surface area contributed by atoms with Crippen LogP contribution in [0.15, 0.2) is 54.6 Å². The van der Waals surface area contributed by atoms with Gasteiger partial charge in [-0.2, -0.15) is 0 Å². The number of amides is 2. The number of likely N-dealkylation sites (tertiary alicyclic amines) is 1. The van der Waals surface area contributed by atoms with E-state index in [2.05, 4.69) is 18.7 Å². The first-order chi connectivity index (χ1) is 14.5. The monoisotopic (exact) mass is 407 g/mol. The van der Waals surface area contributed by atoms with Gasteiger partial charge in [0.05, 0.1) is 0 Å². The third-order valence-electron chi connectivity index (χ3n) is 5.97. The van der Waals surface area contributed by atoms with E-state index in [0.717, 1.165) is 49.2 Å². The molecule has 1 saturated heterocycles. The molecule has 1 aliphatic heterocycles. The standard InChI is InChI=1S/C25H33N3O2/c1-4-17-28(25(30)21-11-13-22(14-12-21)26(3)5-2)23-15-18-27(19-16-23)24(29)20-9-7-6-8-10-20/h6-14,23H,4-5,15-19H2,1-3H3. The molecule has 0 spiro atoms. The molecule has 1 fully saturated rings. The molecular formula is C25H33N3O2. The van der Waals surface area contributed by atoms with Gasteiger partial charge in [0.2, 0.25) is 0 Å². The molecule has 0 radical (unpaired) electrons. The van der Waals surface area contributed by atoms with Crippen LogP contribution in [0.4, 0.5) is 5.69 Å². The molecular weight excluding hydrogens is 374 g/mol. The van der Waals surface area contributed by atoms with Crippen molar-refractivity contribution in [1.82, 2.24) is 9.80 Å². The Morgan fingerprint density at radius 3 is 2.13 bits per heavy atom. The van der Waals surface area contributed by atoms with Gasteiger partial charge in [-0.05, 0) is 62.6 Å². The summed E-state index contributed by atoms with van der Waals surface area (Å²) in [6.45, 7) is 7.26. The largest absolute Gasteiger partial charge is 0.375 e. The van der Waals surface area contributed by atoms with Gasteiger partial charge in [0, 0.05) is 56.1 Å². The van der Waals surface area contributed by atoms with Gasteiger partial charge in [0.15, 0.2) is 0 Å². The maximum absolute atomic E-state index is 13.3. The van der Waals surface area contributed by atoms with Crippen LogP contribution in [0.2, 0.25) is 0 Å². The Balaban J connectivity index is 1.65. The lowest BCUT2D eigenvalue weighted by Gasteiger charge is -2.38. The van der Waals surface area contributed by atoms with Crippen LogP contribution in [0, 0.1) is 0 Å². The molecule has 0 atom stereocenters. The van der Waals surface area contributed by atoms with Crippen LogP contribution in [0.25, 0.3) is 0 Å². The topological polar surface area (TPSA) is 43.9 Å². The molecule has 160 valence electrons. The lowest BCUT2D eigenvalue weighted by atomic mass is 10.0. The zero-order chi connectivity index (χ0) is 21.5. The van der Waals surface area contributed by atoms with Crippen molar-refractivity contribution in [3.8, 4) is 0 Å². The second-order valence-electron chi connectivity index (χ2n) is 7.95. The second-order valence-corrected chi connectivity index (χ2v) is 7.95. The number of nitrogens with zero attached hydrogens (tertiary/aromatic N) is 3. The molecule has 0 aromatic heterocycles. The zero-order valence-electron chi connectivity index (χ0n) is 18.4. The summed E-state index contributed by atoms with van der Waals surface area (Å²) in [4.78, 5) is 32.0. The van der Waals surface area contributed by atoms with E-state index in [0.29, 0.717) is 13.1 Å². The van der Waals surface area contributed by atoms with Gasteiger partial charge in [-0.1, -0.05) is 25.1 Å². The highest BCUT2D eigenvalue weighted by Crippen LogP contribution is 2.22. The number of hydrogen-bond donors (Lipinski definition) is 0.